The molecule has 129 heavy (non-hydrogen) atoms. The maximum absolute atomic E-state index is 15.6. The highest BCUT2D eigenvalue weighted by atomic mass is 32.2. The van der Waals surface area contributed by atoms with E-state index >= 15 is 28.8 Å². The number of thioether (sulfide) groups is 1. The second-order valence-corrected chi connectivity index (χ2v) is 34.1. The van der Waals surface area contributed by atoms with Crippen molar-refractivity contribution >= 4 is 140 Å². The average Bonchev–Trinajstić information content (AvgIpc) is 1.76. The molecule has 3 saturated heterocycles. The summed E-state index contributed by atoms with van der Waals surface area (Å²) >= 11 is 0.715. The molecule has 0 spiro atoms. The Bertz CT molecular complexity index is 4890. The van der Waals surface area contributed by atoms with Gasteiger partial charge < -0.3 is 125 Å². The number of para-hydroxylation sites is 2. The van der Waals surface area contributed by atoms with Gasteiger partial charge in [-0.15, -0.1) is 11.8 Å². The fourth-order valence-corrected chi connectivity index (χ4v) is 16.6. The minimum absolute atomic E-state index is 0.0284. The van der Waals surface area contributed by atoms with Crippen molar-refractivity contribution in [2.24, 2.45) is 23.1 Å². The zero-order valence-corrected chi connectivity index (χ0v) is 74.2. The molecule has 18 amide bonds. The molecule has 1 unspecified atom stereocenters. The van der Waals surface area contributed by atoms with Gasteiger partial charge >= 0.3 is 0 Å². The molecule has 43 heteroatoms. The highest BCUT2D eigenvalue weighted by molar-refractivity contribution is 8.00. The molecule has 2 aromatic heterocycles. The molecule has 22 N–H and O–H groups in total. The van der Waals surface area contributed by atoms with Gasteiger partial charge in [0.2, 0.25) is 106 Å². The Balaban J connectivity index is 1.18. The lowest BCUT2D eigenvalue weighted by Crippen LogP contribution is -2.62. The Labute approximate surface area is 748 Å². The van der Waals surface area contributed by atoms with Crippen molar-refractivity contribution in [3.8, 4) is 5.75 Å². The zero-order chi connectivity index (χ0) is 94.8. The summed E-state index contributed by atoms with van der Waals surface area (Å²) in [5.41, 5.74) is 19.3. The lowest BCUT2D eigenvalue weighted by Gasteiger charge is -2.36. The van der Waals surface area contributed by atoms with Gasteiger partial charge in [0.25, 0.3) is 0 Å². The third kappa shape index (κ3) is 27.9. The van der Waals surface area contributed by atoms with E-state index in [9.17, 15) is 78.0 Å². The Kier molecular flexibility index (Phi) is 37.7. The number of hydrogen-bond acceptors (Lipinski definition) is 23. The van der Waals surface area contributed by atoms with Crippen LogP contribution in [0.25, 0.3) is 21.8 Å². The number of aliphatic hydroxyl groups excluding tert-OH is 3. The molecule has 0 aliphatic carbocycles. The highest BCUT2D eigenvalue weighted by Gasteiger charge is 2.47. The van der Waals surface area contributed by atoms with Crippen LogP contribution in [0.15, 0.2) is 85.2 Å². The topological polar surface area (TPSA) is 634 Å². The number of H-pyrrole nitrogens is 2. The number of aromatic hydroxyl groups is 1. The van der Waals surface area contributed by atoms with E-state index in [2.05, 4.69) is 63.1 Å². The number of aromatic amines is 2. The van der Waals surface area contributed by atoms with Gasteiger partial charge in [-0.1, -0.05) is 102 Å². The summed E-state index contributed by atoms with van der Waals surface area (Å²) < 4.78 is 0. The molecule has 0 radical (unpaired) electrons. The molecule has 5 aromatic rings. The first kappa shape index (κ1) is 102. The van der Waals surface area contributed by atoms with Gasteiger partial charge in [-0.3, -0.25) is 86.3 Å². The second kappa shape index (κ2) is 47.9. The van der Waals surface area contributed by atoms with Crippen LogP contribution in [0.3, 0.4) is 0 Å². The number of likely N-dealkylation sites (N-methyl/N-ethyl adjacent to an activating group) is 3. The summed E-state index contributed by atoms with van der Waals surface area (Å²) in [5.74, 6) is -20.0. The number of fused-ring (bicyclic) bond motifs is 4. The number of aromatic nitrogens is 2. The van der Waals surface area contributed by atoms with Crippen molar-refractivity contribution in [2.45, 2.75) is 222 Å². The van der Waals surface area contributed by atoms with Crippen molar-refractivity contribution in [1.82, 2.24) is 87.6 Å². The van der Waals surface area contributed by atoms with Gasteiger partial charge in [0, 0.05) is 99.9 Å². The van der Waals surface area contributed by atoms with Crippen LogP contribution >= 0.6 is 11.8 Å². The van der Waals surface area contributed by atoms with Gasteiger partial charge in [0.1, 0.15) is 90.3 Å². The van der Waals surface area contributed by atoms with Crippen LogP contribution in [0, 0.1) is 5.92 Å². The van der Waals surface area contributed by atoms with Crippen LogP contribution in [0.4, 0.5) is 0 Å². The lowest BCUT2D eigenvalue weighted by molar-refractivity contribution is -0.149. The fourth-order valence-electron chi connectivity index (χ4n) is 15.8. The summed E-state index contributed by atoms with van der Waals surface area (Å²) in [6.45, 7) is 4.57. The maximum Gasteiger partial charge on any atom is 0.246 e. The molecule has 5 heterocycles. The highest BCUT2D eigenvalue weighted by Crippen LogP contribution is 2.28. The summed E-state index contributed by atoms with van der Waals surface area (Å²) in [5, 5.41) is 70.0. The molecule has 8 rings (SSSR count). The maximum atomic E-state index is 15.6. The number of phenolic OH excluding ortho intramolecular Hbond substituents is 1. The fraction of sp³-hybridized carbons (Fsp3) is 0.535. The first-order valence-corrected chi connectivity index (χ1v) is 44.0. The first-order valence-electron chi connectivity index (χ1n) is 42.9. The second-order valence-electron chi connectivity index (χ2n) is 33.1. The minimum Gasteiger partial charge on any atom is -0.508 e. The average molecular weight is 1820 g/mol. The van der Waals surface area contributed by atoms with Gasteiger partial charge in [0.05, 0.1) is 44.5 Å². The SMILES string of the molecule is CCCC[C@H]1C(=O)N(C)[C@@H](CCCC)C(=O)N[C@@H](CO)C(=O)NC(C(=O)NCC(N)=O)CSCC(=O)N[C@@H](Cc2ccc(O)cc2)C(=O)N(C)[C@@H](C)C(=O)N[C@@H](CC(N)=O)C(=O)N2CCC[C@H]2C(=O)N[C@@H](CC(N)=O)C(=O)N[C@@H](CC(C)C)C(=O)N2C[C@H](O)C[C@H]2C(=O)N[C@@H](Cc2c[nH]c3ccccc23)C(=O)N[C@@H](CO)C(=O)N[C@@H](Cc2c[nH]c3ccccc23)C(=O)N1C. The molecule has 3 fully saturated rings. The number of carbonyl (C=O) groups excluding carboxylic acids is 18. The van der Waals surface area contributed by atoms with Crippen LogP contribution in [-0.2, 0) is 106 Å². The van der Waals surface area contributed by atoms with Gasteiger partial charge in [-0.2, -0.15) is 0 Å². The van der Waals surface area contributed by atoms with Crippen LogP contribution in [-0.4, -0.2) is 317 Å². The molecule has 3 aliphatic heterocycles. The van der Waals surface area contributed by atoms with E-state index in [1.54, 1.807) is 81.7 Å². The Morgan fingerprint density at radius 3 is 1.57 bits per heavy atom. The smallest absolute Gasteiger partial charge is 0.246 e. The zero-order valence-electron chi connectivity index (χ0n) is 73.4. The number of carbonyl (C=O) groups is 18. The molecule has 3 aromatic carbocycles. The molecule has 42 nitrogen and oxygen atoms in total. The van der Waals surface area contributed by atoms with Crippen molar-refractivity contribution in [3.05, 3.63) is 102 Å². The van der Waals surface area contributed by atoms with Gasteiger partial charge in [-0.05, 0) is 85.9 Å². The summed E-state index contributed by atoms with van der Waals surface area (Å²) in [6.07, 6.45) is 0.00271. The number of hydrogen-bond donors (Lipinski definition) is 19. The summed E-state index contributed by atoms with van der Waals surface area (Å²) in [7, 11) is 3.79. The number of phenols is 1. The number of primary amides is 3. The van der Waals surface area contributed by atoms with E-state index in [-0.39, 0.29) is 63.7 Å². The van der Waals surface area contributed by atoms with Crippen molar-refractivity contribution < 1.29 is 107 Å². The summed E-state index contributed by atoms with van der Waals surface area (Å²) in [4.78, 5) is 271. The van der Waals surface area contributed by atoms with Crippen LogP contribution in [0.2, 0.25) is 0 Å². The van der Waals surface area contributed by atoms with Crippen molar-refractivity contribution in [3.63, 3.8) is 0 Å². The molecule has 0 saturated carbocycles. The Morgan fingerprint density at radius 2 is 0.992 bits per heavy atom. The van der Waals surface area contributed by atoms with E-state index in [4.69, 9.17) is 17.2 Å². The van der Waals surface area contributed by atoms with Gasteiger partial charge in [0.15, 0.2) is 0 Å². The Morgan fingerprint density at radius 1 is 0.512 bits per heavy atom. The standard InChI is InChI=1S/C86H120N20O22S/c1-9-11-22-65-79(121)100-63(42-108)78(120)101-64(74(116)92-39-71(89)113)43-129-44-72(114)93-59(31-47-25-27-50(109)28-26-47)82(124)102(6)46(5)73(115)96-61(36-70(88)112)84(126)105-29-17-24-66(105)80(122)95-57(35-69(87)111)76(118)97-58(30-45(3)4)85(127)106-40-51(110)34-68(106)81(123)94-56(32-48-37-90-54-20-15-13-18-52(48)54)75(117)99-62(41-107)77(119)98-60(33-49-38-91-55-21-16-14-19-53(49)55)83(125)104(8)67(23-12-10-2)86(128)103(65)7/h13-16,18-21,25-28,37-38,45-46,51,56-68,90-91,107-110H,9-12,17,22-24,29-36,39-44H2,1-8H3,(H2,87,111)(H2,88,112)(H2,89,113)(H,92,116)(H,93,114)(H,94,123)(H,95,122)(H,96,115)(H,97,118)(H,98,119)(H,99,117)(H,100,121)(H,101,120)/t46-,51+,56-,57-,58-,59-,60-,61-,62-,63-,64?,65-,66-,67-,68-/m0/s1. The van der Waals surface area contributed by atoms with Crippen molar-refractivity contribution in [1.29, 1.82) is 0 Å². The number of nitrogens with one attached hydrogen (secondary N) is 12. The monoisotopic (exact) mass is 1820 g/mol. The lowest BCUT2D eigenvalue weighted by atomic mass is 10.00. The van der Waals surface area contributed by atoms with E-state index in [1.165, 1.54) is 52.3 Å². The van der Waals surface area contributed by atoms with Gasteiger partial charge in [-0.25, -0.2) is 0 Å². The number of aliphatic hydroxyl groups is 3. The number of nitrogens with two attached hydrogens (primary N) is 3. The van der Waals surface area contributed by atoms with Crippen LogP contribution in [0.5, 0.6) is 5.75 Å². The number of rotatable bonds is 23. The third-order valence-corrected chi connectivity index (χ3v) is 24.0. The molecule has 0 bridgehead atoms. The molecular weight excluding hydrogens is 1700 g/mol. The quantitative estimate of drug-likeness (QED) is 0.0294. The molecule has 15 atom stereocenters. The largest absolute Gasteiger partial charge is 0.508 e. The Hall–Kier alpha value is -12.8. The first-order chi connectivity index (χ1) is 61.3. The van der Waals surface area contributed by atoms with Crippen molar-refractivity contribution in [2.75, 3.05) is 65.5 Å². The minimum atomic E-state index is -1.91. The van der Waals surface area contributed by atoms with E-state index in [1.807, 2.05) is 6.92 Å². The van der Waals surface area contributed by atoms with E-state index in [0.29, 0.717) is 75.9 Å². The number of unbranched alkanes of at least 4 members (excludes halogenated alkanes) is 2. The normalized spacial score (nSPS) is 25.4. The number of nitrogens with zero attached hydrogens (tertiary/aromatic N) is 5. The number of amides is 18. The predicted molar refractivity (Wildman–Crippen MR) is 469 cm³/mol. The number of benzene rings is 3. The molecule has 702 valence electrons. The van der Waals surface area contributed by atoms with E-state index < -0.39 is 260 Å². The van der Waals surface area contributed by atoms with Crippen LogP contribution < -0.4 is 70.4 Å². The summed E-state index contributed by atoms with van der Waals surface area (Å²) in [6, 6.07) is -3.59. The van der Waals surface area contributed by atoms with Crippen LogP contribution in [0.1, 0.15) is 128 Å². The molecule has 3 aliphatic rings. The van der Waals surface area contributed by atoms with E-state index in [0.717, 1.165) is 24.5 Å². The third-order valence-electron chi connectivity index (χ3n) is 22.9. The predicted octanol–water partition coefficient (Wildman–Crippen LogP) is -4.29. The molecular formula is C86H120N20O22S.